The number of hydrogen-bond donors (Lipinski definition) is 3. The molecule has 194 valence electrons. The van der Waals surface area contributed by atoms with Crippen molar-refractivity contribution in [2.75, 3.05) is 16.8 Å². The Bertz CT molecular complexity index is 1120. The van der Waals surface area contributed by atoms with Gasteiger partial charge in [0.2, 0.25) is 5.95 Å². The van der Waals surface area contributed by atoms with Gasteiger partial charge in [-0.05, 0) is 69.2 Å². The molecule has 2 aliphatic rings. The van der Waals surface area contributed by atoms with Gasteiger partial charge in [-0.15, -0.1) is 0 Å². The number of aliphatic hydroxyl groups is 1. The lowest BCUT2D eigenvalue weighted by Crippen LogP contribution is -2.42. The van der Waals surface area contributed by atoms with Crippen LogP contribution in [0.3, 0.4) is 0 Å². The maximum Gasteiger partial charge on any atom is 0.415 e. The van der Waals surface area contributed by atoms with E-state index in [0.717, 1.165) is 0 Å². The highest BCUT2D eigenvalue weighted by Crippen LogP contribution is 2.29. The Morgan fingerprint density at radius 2 is 1.97 bits per heavy atom. The van der Waals surface area contributed by atoms with E-state index in [9.17, 15) is 19.1 Å². The van der Waals surface area contributed by atoms with Crippen molar-refractivity contribution in [1.29, 1.82) is 0 Å². The summed E-state index contributed by atoms with van der Waals surface area (Å²) in [5.41, 5.74) is -0.102. The van der Waals surface area contributed by atoms with Crippen molar-refractivity contribution < 1.29 is 23.8 Å². The zero-order chi connectivity index (χ0) is 26.0. The Morgan fingerprint density at radius 3 is 2.64 bits per heavy atom. The average molecular weight is 500 g/mol. The second-order valence-electron chi connectivity index (χ2n) is 10.3. The molecule has 3 N–H and O–H groups in total. The van der Waals surface area contributed by atoms with Crippen molar-refractivity contribution in [3.8, 4) is 0 Å². The zero-order valence-corrected chi connectivity index (χ0v) is 21.1. The van der Waals surface area contributed by atoms with E-state index in [1.807, 2.05) is 20.8 Å². The van der Waals surface area contributed by atoms with E-state index >= 15 is 0 Å². The van der Waals surface area contributed by atoms with Gasteiger partial charge in [-0.25, -0.2) is 14.2 Å². The van der Waals surface area contributed by atoms with E-state index in [0.29, 0.717) is 43.7 Å². The highest BCUT2D eigenvalue weighted by Gasteiger charge is 2.37. The van der Waals surface area contributed by atoms with Crippen LogP contribution in [0.25, 0.3) is 0 Å². The number of benzene rings is 1. The Morgan fingerprint density at radius 1 is 1.25 bits per heavy atom. The van der Waals surface area contributed by atoms with Crippen LogP contribution in [-0.2, 0) is 4.74 Å². The van der Waals surface area contributed by atoms with Crippen LogP contribution in [0.1, 0.15) is 75.3 Å². The number of hydrogen-bond acceptors (Lipinski definition) is 7. The van der Waals surface area contributed by atoms with Crippen LogP contribution in [0.4, 0.5) is 21.0 Å². The highest BCUT2D eigenvalue weighted by atomic mass is 19.1. The number of carbonyl (C=O) groups excluding carboxylic acids is 2. The summed E-state index contributed by atoms with van der Waals surface area (Å²) in [6, 6.07) is 5.59. The number of aromatic nitrogens is 2. The van der Waals surface area contributed by atoms with E-state index in [2.05, 4.69) is 20.6 Å². The first kappa shape index (κ1) is 25.8. The molecule has 2 heterocycles. The normalized spacial score (nSPS) is 25.0. The second-order valence-corrected chi connectivity index (χ2v) is 10.3. The summed E-state index contributed by atoms with van der Waals surface area (Å²) in [7, 11) is 0. The average Bonchev–Trinajstić information content (AvgIpc) is 3.22. The summed E-state index contributed by atoms with van der Waals surface area (Å²) in [4.78, 5) is 35.1. The molecular weight excluding hydrogens is 465 g/mol. The molecule has 1 aromatic heterocycles. The first-order chi connectivity index (χ1) is 17.0. The third-order valence-corrected chi connectivity index (χ3v) is 7.04. The molecule has 1 aliphatic heterocycles. The molecule has 9 nitrogen and oxygen atoms in total. The Labute approximate surface area is 210 Å². The predicted octanol–water partition coefficient (Wildman–Crippen LogP) is 4.19. The third-order valence-electron chi connectivity index (χ3n) is 7.04. The van der Waals surface area contributed by atoms with Gasteiger partial charge in [0, 0.05) is 12.2 Å². The molecular formula is C26H34FN5O4. The van der Waals surface area contributed by atoms with E-state index in [-0.39, 0.29) is 35.6 Å². The van der Waals surface area contributed by atoms with Gasteiger partial charge in [0.25, 0.3) is 5.91 Å². The fourth-order valence-electron chi connectivity index (χ4n) is 4.65. The van der Waals surface area contributed by atoms with Crippen LogP contribution in [0.5, 0.6) is 0 Å². The molecule has 10 heteroatoms. The van der Waals surface area contributed by atoms with Gasteiger partial charge >= 0.3 is 6.09 Å². The predicted molar refractivity (Wildman–Crippen MR) is 133 cm³/mol. The van der Waals surface area contributed by atoms with Gasteiger partial charge in [0.15, 0.2) is 0 Å². The topological polar surface area (TPSA) is 117 Å². The van der Waals surface area contributed by atoms with E-state index < -0.39 is 23.4 Å². The molecule has 0 bridgehead atoms. The molecule has 0 radical (unpaired) electrons. The molecule has 2 atom stereocenters. The molecule has 1 aliphatic carbocycles. The standard InChI is InChI=1S/C26H34FN5O4/c1-15(2)21-14-36-25(34)32(21)22-9-12-28-24(31-22)29-16(3)17-5-6-19(20(27)13-17)23(33)30-18-7-10-26(4,35)11-8-18/h5-6,9,12-13,15-16,18,21,35H,7-8,10-11,14H2,1-4H3,(H,30,33)(H,28,29,31)/t16-,18?,21?,26?/m0/s1. The number of anilines is 2. The molecule has 2 amide bonds. The first-order valence-corrected chi connectivity index (χ1v) is 12.4. The van der Waals surface area contributed by atoms with Crippen molar-refractivity contribution in [3.05, 3.63) is 47.4 Å². The maximum atomic E-state index is 14.9. The molecule has 1 unspecified atom stereocenters. The molecule has 2 aromatic rings. The van der Waals surface area contributed by atoms with E-state index in [1.54, 1.807) is 25.3 Å². The van der Waals surface area contributed by atoms with Crippen molar-refractivity contribution in [1.82, 2.24) is 15.3 Å². The van der Waals surface area contributed by atoms with Gasteiger partial charge in [0.05, 0.1) is 23.2 Å². The van der Waals surface area contributed by atoms with Crippen molar-refractivity contribution in [2.24, 2.45) is 5.92 Å². The number of nitrogens with zero attached hydrogens (tertiary/aromatic N) is 3. The lowest BCUT2D eigenvalue weighted by atomic mass is 9.83. The van der Waals surface area contributed by atoms with Gasteiger partial charge in [0.1, 0.15) is 18.2 Å². The van der Waals surface area contributed by atoms with Crippen LogP contribution in [0.15, 0.2) is 30.5 Å². The van der Waals surface area contributed by atoms with Crippen molar-refractivity contribution in [3.63, 3.8) is 0 Å². The minimum Gasteiger partial charge on any atom is -0.447 e. The molecule has 36 heavy (non-hydrogen) atoms. The van der Waals surface area contributed by atoms with Gasteiger partial charge < -0.3 is 20.5 Å². The summed E-state index contributed by atoms with van der Waals surface area (Å²) in [6.07, 6.45) is 3.63. The lowest BCUT2D eigenvalue weighted by Gasteiger charge is -2.33. The minimum atomic E-state index is -0.700. The number of rotatable bonds is 7. The number of amides is 2. The molecule has 1 saturated carbocycles. The summed E-state index contributed by atoms with van der Waals surface area (Å²) < 4.78 is 20.1. The van der Waals surface area contributed by atoms with Crippen LogP contribution in [0, 0.1) is 11.7 Å². The third kappa shape index (κ3) is 5.75. The monoisotopic (exact) mass is 499 g/mol. The summed E-state index contributed by atoms with van der Waals surface area (Å²) >= 11 is 0. The Kier molecular flexibility index (Phi) is 7.44. The summed E-state index contributed by atoms with van der Waals surface area (Å²) in [6.45, 7) is 7.96. The zero-order valence-electron chi connectivity index (χ0n) is 21.1. The molecule has 1 aromatic carbocycles. The Hall–Kier alpha value is -3.27. The fraction of sp³-hybridized carbons (Fsp3) is 0.538. The highest BCUT2D eigenvalue weighted by molar-refractivity contribution is 5.94. The quantitative estimate of drug-likeness (QED) is 0.523. The van der Waals surface area contributed by atoms with Crippen molar-refractivity contribution in [2.45, 2.75) is 77.1 Å². The number of cyclic esters (lactones) is 1. The smallest absolute Gasteiger partial charge is 0.415 e. The second kappa shape index (κ2) is 10.4. The first-order valence-electron chi connectivity index (χ1n) is 12.4. The SMILES string of the molecule is CC(C)C1COC(=O)N1c1ccnc(N[C@@H](C)c2ccc(C(=O)NC3CCC(C)(O)CC3)c(F)c2)n1. The van der Waals surface area contributed by atoms with Crippen LogP contribution in [0.2, 0.25) is 0 Å². The molecule has 1 saturated heterocycles. The molecule has 0 spiro atoms. The lowest BCUT2D eigenvalue weighted by molar-refractivity contribution is 0.0140. The Balaban J connectivity index is 1.41. The van der Waals surface area contributed by atoms with Crippen LogP contribution in [-0.4, -0.2) is 51.4 Å². The van der Waals surface area contributed by atoms with E-state index in [4.69, 9.17) is 4.74 Å². The largest absolute Gasteiger partial charge is 0.447 e. The number of ether oxygens (including phenoxy) is 1. The van der Waals surface area contributed by atoms with Gasteiger partial charge in [-0.3, -0.25) is 9.69 Å². The van der Waals surface area contributed by atoms with E-state index in [1.165, 1.54) is 17.0 Å². The van der Waals surface area contributed by atoms with Crippen LogP contribution >= 0.6 is 0 Å². The molecule has 4 rings (SSSR count). The molecule has 2 fully saturated rings. The summed E-state index contributed by atoms with van der Waals surface area (Å²) in [5.74, 6) is -0.162. The number of nitrogens with one attached hydrogen (secondary N) is 2. The minimum absolute atomic E-state index is 0.0196. The van der Waals surface area contributed by atoms with Gasteiger partial charge in [-0.2, -0.15) is 4.98 Å². The van der Waals surface area contributed by atoms with Gasteiger partial charge in [-0.1, -0.05) is 19.9 Å². The maximum absolute atomic E-state index is 14.9. The number of carbonyl (C=O) groups is 2. The van der Waals surface area contributed by atoms with Crippen molar-refractivity contribution >= 4 is 23.8 Å². The fourth-order valence-corrected chi connectivity index (χ4v) is 4.65. The van der Waals surface area contributed by atoms with Crippen LogP contribution < -0.4 is 15.5 Å². The summed E-state index contributed by atoms with van der Waals surface area (Å²) in [5, 5.41) is 16.1. The number of halogens is 1.